The number of ether oxygens (including phenoxy) is 1. The largest absolute Gasteiger partial charge is 0.508 e. The molecule has 0 saturated heterocycles. The van der Waals surface area contributed by atoms with Gasteiger partial charge in [-0.2, -0.15) is 0 Å². The summed E-state index contributed by atoms with van der Waals surface area (Å²) >= 11 is 0. The lowest BCUT2D eigenvalue weighted by Crippen LogP contribution is -2.47. The molecule has 3 rings (SSSR count). The maximum Gasteiger partial charge on any atom is 0.268 e. The second kappa shape index (κ2) is 6.28. The molecule has 1 N–H and O–H groups in total. The normalized spacial score (nSPS) is 16.9. The summed E-state index contributed by atoms with van der Waals surface area (Å²) in [5.74, 6) is 0.137. The molecular formula is C18H18FNO3. The van der Waals surface area contributed by atoms with Gasteiger partial charge in [0.25, 0.3) is 5.91 Å². The van der Waals surface area contributed by atoms with Crippen molar-refractivity contribution >= 4 is 11.6 Å². The molecule has 2 aromatic carbocycles. The molecule has 1 unspecified atom stereocenters. The number of carbonyl (C=O) groups excluding carboxylic acids is 1. The zero-order chi connectivity index (χ0) is 16.4. The van der Waals surface area contributed by atoms with Crippen LogP contribution in [0.2, 0.25) is 0 Å². The third-order valence-electron chi connectivity index (χ3n) is 3.80. The highest BCUT2D eigenvalue weighted by Crippen LogP contribution is 2.37. The second-order valence-corrected chi connectivity index (χ2v) is 5.58. The highest BCUT2D eigenvalue weighted by molar-refractivity contribution is 6.00. The Bertz CT molecular complexity index is 732. The van der Waals surface area contributed by atoms with Crippen LogP contribution in [0.4, 0.5) is 10.1 Å². The number of carbonyl (C=O) groups is 1. The Morgan fingerprint density at radius 1 is 1.26 bits per heavy atom. The molecule has 0 aliphatic carbocycles. The molecule has 0 bridgehead atoms. The number of nitrogens with zero attached hydrogens (tertiary/aromatic N) is 1. The van der Waals surface area contributed by atoms with Crippen molar-refractivity contribution in [2.24, 2.45) is 0 Å². The summed E-state index contributed by atoms with van der Waals surface area (Å²) in [7, 11) is 0. The molecular weight excluding hydrogens is 297 g/mol. The van der Waals surface area contributed by atoms with E-state index in [0.717, 1.165) is 6.42 Å². The Labute approximate surface area is 134 Å². The zero-order valence-electron chi connectivity index (χ0n) is 12.8. The number of phenolic OH excluding ortho intramolecular Hbond substituents is 1. The summed E-state index contributed by atoms with van der Waals surface area (Å²) in [6, 6.07) is 10.9. The lowest BCUT2D eigenvalue weighted by Gasteiger charge is -2.34. The predicted octanol–water partition coefficient (Wildman–Crippen LogP) is 3.28. The van der Waals surface area contributed by atoms with Crippen LogP contribution < -0.4 is 9.64 Å². The molecule has 120 valence electrons. The summed E-state index contributed by atoms with van der Waals surface area (Å²) in [5, 5.41) is 9.66. The van der Waals surface area contributed by atoms with Gasteiger partial charge in [-0.15, -0.1) is 0 Å². The highest BCUT2D eigenvalue weighted by atomic mass is 19.1. The van der Waals surface area contributed by atoms with Gasteiger partial charge in [0.15, 0.2) is 6.10 Å². The smallest absolute Gasteiger partial charge is 0.268 e. The van der Waals surface area contributed by atoms with E-state index in [-0.39, 0.29) is 17.5 Å². The van der Waals surface area contributed by atoms with Crippen molar-refractivity contribution in [1.82, 2.24) is 0 Å². The van der Waals surface area contributed by atoms with Gasteiger partial charge >= 0.3 is 0 Å². The summed E-state index contributed by atoms with van der Waals surface area (Å²) in [4.78, 5) is 14.3. The third kappa shape index (κ3) is 3.13. The molecule has 0 spiro atoms. The number of rotatable bonds is 4. The molecule has 1 aliphatic rings. The molecule has 5 heteroatoms. The van der Waals surface area contributed by atoms with E-state index < -0.39 is 6.10 Å². The monoisotopic (exact) mass is 315 g/mol. The van der Waals surface area contributed by atoms with E-state index >= 15 is 0 Å². The molecule has 0 saturated carbocycles. The molecule has 0 radical (unpaired) electrons. The Morgan fingerprint density at radius 2 is 2.09 bits per heavy atom. The highest BCUT2D eigenvalue weighted by Gasteiger charge is 2.34. The number of fused-ring (bicyclic) bond motifs is 1. The van der Waals surface area contributed by atoms with Gasteiger partial charge < -0.3 is 14.7 Å². The number of anilines is 1. The SMILES string of the molecule is CCCN1C(=O)C(Cc2cccc(F)c2)Oc2ccc(O)cc21. The second-order valence-electron chi connectivity index (χ2n) is 5.58. The van der Waals surface area contributed by atoms with Gasteiger partial charge in [-0.25, -0.2) is 4.39 Å². The number of hydrogen-bond acceptors (Lipinski definition) is 3. The van der Waals surface area contributed by atoms with Crippen LogP contribution in [0.15, 0.2) is 42.5 Å². The first-order valence-electron chi connectivity index (χ1n) is 7.64. The van der Waals surface area contributed by atoms with Crippen LogP contribution >= 0.6 is 0 Å². The van der Waals surface area contributed by atoms with Crippen molar-refractivity contribution in [2.75, 3.05) is 11.4 Å². The molecule has 4 nitrogen and oxygen atoms in total. The molecule has 1 amide bonds. The zero-order valence-corrected chi connectivity index (χ0v) is 12.8. The molecule has 1 aliphatic heterocycles. The van der Waals surface area contributed by atoms with Crippen molar-refractivity contribution in [1.29, 1.82) is 0 Å². The lowest BCUT2D eigenvalue weighted by atomic mass is 10.0. The van der Waals surface area contributed by atoms with Crippen LogP contribution in [0.25, 0.3) is 0 Å². The van der Waals surface area contributed by atoms with Gasteiger partial charge in [0.05, 0.1) is 5.69 Å². The third-order valence-corrected chi connectivity index (χ3v) is 3.80. The number of benzene rings is 2. The Kier molecular flexibility index (Phi) is 4.19. The Morgan fingerprint density at radius 3 is 2.83 bits per heavy atom. The standard InChI is InChI=1S/C18H18FNO3/c1-2-8-20-15-11-14(21)6-7-16(15)23-17(18(20)22)10-12-4-3-5-13(19)9-12/h3-7,9,11,17,21H,2,8,10H2,1H3. The van der Waals surface area contributed by atoms with Gasteiger partial charge in [-0.05, 0) is 36.2 Å². The molecule has 0 aromatic heterocycles. The van der Waals surface area contributed by atoms with Gasteiger partial charge in [0.2, 0.25) is 0 Å². The predicted molar refractivity (Wildman–Crippen MR) is 85.3 cm³/mol. The minimum atomic E-state index is -0.694. The number of hydrogen-bond donors (Lipinski definition) is 1. The average molecular weight is 315 g/mol. The van der Waals surface area contributed by atoms with Gasteiger partial charge in [0, 0.05) is 19.0 Å². The molecule has 2 aromatic rings. The quantitative estimate of drug-likeness (QED) is 0.942. The topological polar surface area (TPSA) is 49.8 Å². The fourth-order valence-corrected chi connectivity index (χ4v) is 2.77. The Balaban J connectivity index is 1.91. The number of aromatic hydroxyl groups is 1. The fourth-order valence-electron chi connectivity index (χ4n) is 2.77. The van der Waals surface area contributed by atoms with E-state index in [1.54, 1.807) is 23.1 Å². The Hall–Kier alpha value is -2.56. The summed E-state index contributed by atoms with van der Waals surface area (Å²) in [6.45, 7) is 2.52. The van der Waals surface area contributed by atoms with Crippen molar-refractivity contribution in [2.45, 2.75) is 25.9 Å². The number of halogens is 1. The van der Waals surface area contributed by atoms with E-state index in [1.807, 2.05) is 6.92 Å². The lowest BCUT2D eigenvalue weighted by molar-refractivity contribution is -0.126. The molecule has 1 atom stereocenters. The van der Waals surface area contributed by atoms with Crippen molar-refractivity contribution in [3.63, 3.8) is 0 Å². The van der Waals surface area contributed by atoms with Crippen molar-refractivity contribution < 1.29 is 19.0 Å². The van der Waals surface area contributed by atoms with E-state index in [4.69, 9.17) is 4.74 Å². The molecule has 0 fully saturated rings. The maximum absolute atomic E-state index is 13.3. The summed E-state index contributed by atoms with van der Waals surface area (Å²) < 4.78 is 19.1. The fraction of sp³-hybridized carbons (Fsp3) is 0.278. The van der Waals surface area contributed by atoms with Crippen LogP contribution in [0.5, 0.6) is 11.5 Å². The first kappa shape index (κ1) is 15.3. The van der Waals surface area contributed by atoms with Gasteiger partial charge in [-0.1, -0.05) is 19.1 Å². The first-order chi connectivity index (χ1) is 11.1. The summed E-state index contributed by atoms with van der Waals surface area (Å²) in [5.41, 5.74) is 1.29. The molecule has 1 heterocycles. The van der Waals surface area contributed by atoms with E-state index in [2.05, 4.69) is 0 Å². The van der Waals surface area contributed by atoms with Gasteiger partial charge in [0.1, 0.15) is 17.3 Å². The van der Waals surface area contributed by atoms with Crippen molar-refractivity contribution in [3.05, 3.63) is 53.8 Å². The average Bonchev–Trinajstić information content (AvgIpc) is 2.52. The van der Waals surface area contributed by atoms with Crippen LogP contribution in [-0.4, -0.2) is 23.7 Å². The minimum absolute atomic E-state index is 0.0878. The number of amides is 1. The van der Waals surface area contributed by atoms with E-state index in [0.29, 0.717) is 30.0 Å². The van der Waals surface area contributed by atoms with E-state index in [9.17, 15) is 14.3 Å². The van der Waals surface area contributed by atoms with Crippen LogP contribution in [0, 0.1) is 5.82 Å². The van der Waals surface area contributed by atoms with Crippen LogP contribution in [0.3, 0.4) is 0 Å². The maximum atomic E-state index is 13.3. The van der Waals surface area contributed by atoms with Crippen LogP contribution in [0.1, 0.15) is 18.9 Å². The first-order valence-corrected chi connectivity index (χ1v) is 7.64. The van der Waals surface area contributed by atoms with E-state index in [1.165, 1.54) is 24.3 Å². The number of phenols is 1. The molecule has 23 heavy (non-hydrogen) atoms. The van der Waals surface area contributed by atoms with Gasteiger partial charge in [-0.3, -0.25) is 4.79 Å². The minimum Gasteiger partial charge on any atom is -0.508 e. The van der Waals surface area contributed by atoms with Crippen LogP contribution in [-0.2, 0) is 11.2 Å². The summed E-state index contributed by atoms with van der Waals surface area (Å²) in [6.07, 6.45) is 0.394. The van der Waals surface area contributed by atoms with Crippen molar-refractivity contribution in [3.8, 4) is 11.5 Å².